The van der Waals surface area contributed by atoms with Crippen molar-refractivity contribution in [2.24, 2.45) is 5.92 Å². The number of rotatable bonds is 5. The molecule has 2 rings (SSSR count). The van der Waals surface area contributed by atoms with Crippen LogP contribution in [-0.4, -0.2) is 36.0 Å². The number of β-lactam (4-membered cyclic amide) rings is 1. The van der Waals surface area contributed by atoms with E-state index in [-0.39, 0.29) is 17.9 Å². The highest BCUT2D eigenvalue weighted by Gasteiger charge is 2.50. The van der Waals surface area contributed by atoms with Crippen LogP contribution in [0.4, 0.5) is 0 Å². The molecule has 1 saturated heterocycles. The molecule has 0 unspecified atom stereocenters. The Hall–Kier alpha value is -2.04. The van der Waals surface area contributed by atoms with E-state index in [0.717, 1.165) is 11.3 Å². The number of carbonyl (C=O) groups excluding carboxylic acids is 2. The first kappa shape index (κ1) is 15.4. The van der Waals surface area contributed by atoms with Crippen LogP contribution in [0.2, 0.25) is 0 Å². The van der Waals surface area contributed by atoms with Crippen molar-refractivity contribution in [1.82, 2.24) is 4.90 Å². The summed E-state index contributed by atoms with van der Waals surface area (Å²) in [6.07, 6.45) is -0.638. The smallest absolute Gasteiger partial charge is 0.303 e. The molecule has 0 aliphatic carbocycles. The van der Waals surface area contributed by atoms with Gasteiger partial charge >= 0.3 is 5.97 Å². The molecule has 0 N–H and O–H groups in total. The van der Waals surface area contributed by atoms with Crippen LogP contribution in [0.25, 0.3) is 0 Å². The molecule has 1 aromatic rings. The van der Waals surface area contributed by atoms with Crippen LogP contribution in [0.15, 0.2) is 24.3 Å². The topological polar surface area (TPSA) is 55.8 Å². The molecule has 21 heavy (non-hydrogen) atoms. The van der Waals surface area contributed by atoms with E-state index in [1.54, 1.807) is 12.0 Å². The van der Waals surface area contributed by atoms with Crippen molar-refractivity contribution in [3.63, 3.8) is 0 Å². The molecule has 0 bridgehead atoms. The quantitative estimate of drug-likeness (QED) is 0.615. The summed E-state index contributed by atoms with van der Waals surface area (Å²) in [5, 5.41) is 0. The van der Waals surface area contributed by atoms with Gasteiger partial charge in [0.25, 0.3) is 5.91 Å². The molecule has 0 radical (unpaired) electrons. The minimum Gasteiger partial charge on any atom is -0.497 e. The summed E-state index contributed by atoms with van der Waals surface area (Å²) in [5.41, 5.74) is 1.02. The van der Waals surface area contributed by atoms with Crippen LogP contribution >= 0.6 is 0 Å². The maximum atomic E-state index is 12.2. The third-order valence-corrected chi connectivity index (χ3v) is 3.68. The zero-order chi connectivity index (χ0) is 15.6. The van der Waals surface area contributed by atoms with Crippen molar-refractivity contribution in [3.05, 3.63) is 29.8 Å². The molecule has 5 nitrogen and oxygen atoms in total. The Labute approximate surface area is 124 Å². The fraction of sp³-hybridized carbons (Fsp3) is 0.500. The van der Waals surface area contributed by atoms with E-state index in [1.165, 1.54) is 6.92 Å². The molecule has 5 heteroatoms. The number of hydrogen-bond donors (Lipinski definition) is 0. The monoisotopic (exact) mass is 291 g/mol. The lowest BCUT2D eigenvalue weighted by Crippen LogP contribution is -2.67. The second-order valence-corrected chi connectivity index (χ2v) is 5.58. The number of likely N-dealkylation sites (tertiary alicyclic amines) is 1. The van der Waals surface area contributed by atoms with E-state index in [9.17, 15) is 9.59 Å². The van der Waals surface area contributed by atoms with E-state index < -0.39 is 12.1 Å². The zero-order valence-corrected chi connectivity index (χ0v) is 12.8. The van der Waals surface area contributed by atoms with Crippen molar-refractivity contribution in [2.75, 3.05) is 7.11 Å². The lowest BCUT2D eigenvalue weighted by Gasteiger charge is -2.48. The molecular formula is C16H21NO4. The largest absolute Gasteiger partial charge is 0.497 e. The van der Waals surface area contributed by atoms with E-state index in [2.05, 4.69) is 0 Å². The van der Waals surface area contributed by atoms with Crippen LogP contribution in [0.5, 0.6) is 5.75 Å². The molecule has 0 spiro atoms. The molecule has 1 heterocycles. The average molecular weight is 291 g/mol. The number of ether oxygens (including phenoxy) is 2. The average Bonchev–Trinajstić information content (AvgIpc) is 2.45. The van der Waals surface area contributed by atoms with Crippen molar-refractivity contribution in [1.29, 1.82) is 0 Å². The van der Waals surface area contributed by atoms with Gasteiger partial charge in [0, 0.05) is 13.5 Å². The predicted octanol–water partition coefficient (Wildman–Crippen LogP) is 1.99. The van der Waals surface area contributed by atoms with E-state index in [1.807, 2.05) is 38.1 Å². The second-order valence-electron chi connectivity index (χ2n) is 5.58. The highest BCUT2D eigenvalue weighted by atomic mass is 16.6. The van der Waals surface area contributed by atoms with Gasteiger partial charge in [0.15, 0.2) is 0 Å². The fourth-order valence-electron chi connectivity index (χ4n) is 2.66. The van der Waals surface area contributed by atoms with Gasteiger partial charge in [-0.05, 0) is 23.6 Å². The SMILES string of the molecule is COc1ccc(CN2C(=O)[C@H](OC(C)=O)[C@@H]2C(C)C)cc1. The molecule has 2 atom stereocenters. The number of benzene rings is 1. The van der Waals surface area contributed by atoms with Crippen molar-refractivity contribution in [2.45, 2.75) is 39.5 Å². The van der Waals surface area contributed by atoms with E-state index in [4.69, 9.17) is 9.47 Å². The molecule has 1 aromatic carbocycles. The summed E-state index contributed by atoms with van der Waals surface area (Å²) >= 11 is 0. The van der Waals surface area contributed by atoms with Gasteiger partial charge in [0.1, 0.15) is 5.75 Å². The summed E-state index contributed by atoms with van der Waals surface area (Å²) in [7, 11) is 1.62. The van der Waals surface area contributed by atoms with E-state index in [0.29, 0.717) is 6.54 Å². The molecule has 1 fully saturated rings. The molecule has 0 saturated carbocycles. The van der Waals surface area contributed by atoms with Gasteiger partial charge in [-0.3, -0.25) is 9.59 Å². The first-order valence-corrected chi connectivity index (χ1v) is 7.04. The Balaban J connectivity index is 2.08. The standard InChI is InChI=1S/C16H21NO4/c1-10(2)14-15(21-11(3)18)16(19)17(14)9-12-5-7-13(20-4)8-6-12/h5-8,10,14-15H,9H2,1-4H3/t14-,15+/m0/s1. The van der Waals surface area contributed by atoms with Gasteiger partial charge in [0.2, 0.25) is 6.10 Å². The van der Waals surface area contributed by atoms with Crippen molar-refractivity contribution < 1.29 is 19.1 Å². The minimum absolute atomic E-state index is 0.0662. The van der Waals surface area contributed by atoms with E-state index >= 15 is 0 Å². The molecule has 1 aliphatic heterocycles. The first-order valence-electron chi connectivity index (χ1n) is 7.04. The number of carbonyl (C=O) groups is 2. The minimum atomic E-state index is -0.638. The number of nitrogens with zero attached hydrogens (tertiary/aromatic N) is 1. The number of hydrogen-bond acceptors (Lipinski definition) is 4. The van der Waals surface area contributed by atoms with Gasteiger partial charge in [-0.1, -0.05) is 26.0 Å². The summed E-state index contributed by atoms with van der Waals surface area (Å²) in [4.78, 5) is 25.0. The second kappa shape index (κ2) is 6.16. The normalized spacial score (nSPS) is 21.2. The highest BCUT2D eigenvalue weighted by molar-refractivity contribution is 5.90. The highest BCUT2D eigenvalue weighted by Crippen LogP contribution is 2.31. The third-order valence-electron chi connectivity index (χ3n) is 3.68. The number of amides is 1. The van der Waals surface area contributed by atoms with Crippen LogP contribution in [-0.2, 0) is 20.9 Å². The third kappa shape index (κ3) is 3.17. The summed E-state index contributed by atoms with van der Waals surface area (Å²) in [6.45, 7) is 5.89. The molecular weight excluding hydrogens is 270 g/mol. The van der Waals surface area contributed by atoms with Crippen LogP contribution in [0.3, 0.4) is 0 Å². The maximum Gasteiger partial charge on any atom is 0.303 e. The van der Waals surface area contributed by atoms with Crippen LogP contribution in [0, 0.1) is 5.92 Å². The van der Waals surface area contributed by atoms with Gasteiger partial charge in [-0.15, -0.1) is 0 Å². The van der Waals surface area contributed by atoms with Crippen molar-refractivity contribution >= 4 is 11.9 Å². The predicted molar refractivity (Wildman–Crippen MR) is 77.7 cm³/mol. The van der Waals surface area contributed by atoms with Gasteiger partial charge in [-0.2, -0.15) is 0 Å². The Morgan fingerprint density at radius 2 is 1.90 bits per heavy atom. The summed E-state index contributed by atoms with van der Waals surface area (Å²) < 4.78 is 10.2. The van der Waals surface area contributed by atoms with Gasteiger partial charge < -0.3 is 14.4 Å². The van der Waals surface area contributed by atoms with Crippen LogP contribution < -0.4 is 4.74 Å². The number of esters is 1. The van der Waals surface area contributed by atoms with Crippen molar-refractivity contribution in [3.8, 4) is 5.75 Å². The number of methoxy groups -OCH3 is 1. The Morgan fingerprint density at radius 1 is 1.29 bits per heavy atom. The Kier molecular flexibility index (Phi) is 4.50. The van der Waals surface area contributed by atoms with Gasteiger partial charge in [0.05, 0.1) is 13.2 Å². The Bertz CT molecular complexity index is 524. The summed E-state index contributed by atoms with van der Waals surface area (Å²) in [5.74, 6) is 0.472. The fourth-order valence-corrected chi connectivity index (χ4v) is 2.66. The lowest BCUT2D eigenvalue weighted by atomic mass is 9.87. The summed E-state index contributed by atoms with van der Waals surface area (Å²) in [6, 6.07) is 7.54. The van der Waals surface area contributed by atoms with Crippen LogP contribution in [0.1, 0.15) is 26.3 Å². The lowest BCUT2D eigenvalue weighted by molar-refractivity contribution is -0.186. The molecule has 114 valence electrons. The first-order chi connectivity index (χ1) is 9.93. The molecule has 1 aliphatic rings. The maximum absolute atomic E-state index is 12.2. The molecule has 1 amide bonds. The van der Waals surface area contributed by atoms with Gasteiger partial charge in [-0.25, -0.2) is 0 Å². The Morgan fingerprint density at radius 3 is 2.38 bits per heavy atom. The zero-order valence-electron chi connectivity index (χ0n) is 12.8. The molecule has 0 aromatic heterocycles.